The van der Waals surface area contributed by atoms with Gasteiger partial charge >= 0.3 is 0 Å². The second kappa shape index (κ2) is 6.10. The van der Waals surface area contributed by atoms with Crippen LogP contribution < -0.4 is 5.32 Å². The summed E-state index contributed by atoms with van der Waals surface area (Å²) >= 11 is 0. The largest absolute Gasteiger partial charge is 0.362 e. The van der Waals surface area contributed by atoms with Gasteiger partial charge in [0.2, 0.25) is 0 Å². The third kappa shape index (κ3) is 3.51. The number of carbonyl (C=O) groups is 1. The molecule has 2 nitrogen and oxygen atoms in total. The average molecular weight is 273 g/mol. The zero-order chi connectivity index (χ0) is 14.5. The molecule has 0 bridgehead atoms. The Morgan fingerprint density at radius 2 is 1.80 bits per heavy atom. The monoisotopic (exact) mass is 273 g/mol. The van der Waals surface area contributed by atoms with Crippen molar-refractivity contribution in [3.05, 3.63) is 77.5 Å². The highest BCUT2D eigenvalue weighted by atomic mass is 19.1. The molecule has 0 spiro atoms. The molecule has 0 saturated carbocycles. The fourth-order valence-corrected chi connectivity index (χ4v) is 1.66. The molecule has 0 fully saturated rings. The second-order valence-electron chi connectivity index (χ2n) is 4.31. The summed E-state index contributed by atoms with van der Waals surface area (Å²) in [4.78, 5) is 11.8. The number of hydrogen-bond acceptors (Lipinski definition) is 2. The van der Waals surface area contributed by atoms with Gasteiger partial charge in [-0.1, -0.05) is 0 Å². The molecular weight excluding hydrogens is 260 g/mol. The fraction of sp³-hybridized carbons (Fsp3) is 0.0625. The Labute approximate surface area is 115 Å². The highest BCUT2D eigenvalue weighted by molar-refractivity contribution is 6.04. The molecule has 102 valence electrons. The van der Waals surface area contributed by atoms with E-state index in [1.54, 1.807) is 19.1 Å². The van der Waals surface area contributed by atoms with E-state index in [9.17, 15) is 13.6 Å². The second-order valence-corrected chi connectivity index (χ2v) is 4.31. The number of allylic oxidation sites excluding steroid dienone is 1. The molecule has 0 unspecified atom stereocenters. The number of carbonyl (C=O) groups excluding carboxylic acids is 1. The van der Waals surface area contributed by atoms with Crippen LogP contribution in [0, 0.1) is 18.6 Å². The Morgan fingerprint density at radius 1 is 1.10 bits per heavy atom. The quantitative estimate of drug-likeness (QED) is 0.671. The highest BCUT2D eigenvalue weighted by Crippen LogP contribution is 2.13. The van der Waals surface area contributed by atoms with E-state index in [1.807, 2.05) is 0 Å². The Hall–Kier alpha value is -2.49. The summed E-state index contributed by atoms with van der Waals surface area (Å²) in [5.74, 6) is -0.899. The number of hydrogen-bond donors (Lipinski definition) is 1. The minimum Gasteiger partial charge on any atom is -0.362 e. The SMILES string of the molecule is Cc1cc(N/C=C/C(=O)c2ccc(F)cc2)ccc1F. The first-order valence-electron chi connectivity index (χ1n) is 6.05. The lowest BCUT2D eigenvalue weighted by atomic mass is 10.1. The molecule has 1 N–H and O–H groups in total. The number of rotatable bonds is 4. The van der Waals surface area contributed by atoms with Crippen LogP contribution in [0.1, 0.15) is 15.9 Å². The van der Waals surface area contributed by atoms with Gasteiger partial charge in [0.1, 0.15) is 11.6 Å². The lowest BCUT2D eigenvalue weighted by Gasteiger charge is -2.02. The molecule has 0 aliphatic rings. The first-order chi connectivity index (χ1) is 9.56. The molecule has 0 heterocycles. The summed E-state index contributed by atoms with van der Waals surface area (Å²) in [6.07, 6.45) is 2.81. The number of anilines is 1. The van der Waals surface area contributed by atoms with Gasteiger partial charge in [0.05, 0.1) is 0 Å². The molecule has 4 heteroatoms. The van der Waals surface area contributed by atoms with Gasteiger partial charge < -0.3 is 5.32 Å². The van der Waals surface area contributed by atoms with Crippen molar-refractivity contribution in [3.63, 3.8) is 0 Å². The van der Waals surface area contributed by atoms with E-state index in [4.69, 9.17) is 0 Å². The van der Waals surface area contributed by atoms with Crippen LogP contribution in [0.5, 0.6) is 0 Å². The predicted octanol–water partition coefficient (Wildman–Crippen LogP) is 4.08. The molecule has 0 amide bonds. The maximum absolute atomic E-state index is 13.1. The molecule has 0 radical (unpaired) electrons. The summed E-state index contributed by atoms with van der Waals surface area (Å²) in [6.45, 7) is 1.66. The van der Waals surface area contributed by atoms with Crippen molar-refractivity contribution < 1.29 is 13.6 Å². The lowest BCUT2D eigenvalue weighted by Crippen LogP contribution is -1.96. The lowest BCUT2D eigenvalue weighted by molar-refractivity contribution is 0.104. The van der Waals surface area contributed by atoms with Gasteiger partial charge in [-0.15, -0.1) is 0 Å². The van der Waals surface area contributed by atoms with Crippen LogP contribution >= 0.6 is 0 Å². The smallest absolute Gasteiger partial charge is 0.187 e. The highest BCUT2D eigenvalue weighted by Gasteiger charge is 2.01. The molecule has 20 heavy (non-hydrogen) atoms. The molecule has 0 atom stereocenters. The summed E-state index contributed by atoms with van der Waals surface area (Å²) in [6, 6.07) is 9.88. The van der Waals surface area contributed by atoms with Crippen LogP contribution in [0.15, 0.2) is 54.7 Å². The minimum atomic E-state index is -0.384. The maximum Gasteiger partial charge on any atom is 0.187 e. The third-order valence-electron chi connectivity index (χ3n) is 2.77. The van der Waals surface area contributed by atoms with Crippen LogP contribution in [0.2, 0.25) is 0 Å². The van der Waals surface area contributed by atoms with Crippen LogP contribution in [0.3, 0.4) is 0 Å². The molecule has 0 aromatic heterocycles. The first-order valence-corrected chi connectivity index (χ1v) is 6.05. The van der Waals surface area contributed by atoms with Gasteiger partial charge in [-0.05, 0) is 55.0 Å². The molecule has 0 aliphatic carbocycles. The standard InChI is InChI=1S/C16H13F2NO/c1-11-10-14(6-7-15(11)18)19-9-8-16(20)12-2-4-13(17)5-3-12/h2-10,19H,1H3/b9-8+. The van der Waals surface area contributed by atoms with E-state index < -0.39 is 0 Å². The fourth-order valence-electron chi connectivity index (χ4n) is 1.66. The van der Waals surface area contributed by atoms with Crippen LogP contribution in [0.4, 0.5) is 14.5 Å². The summed E-state index contributed by atoms with van der Waals surface area (Å²) < 4.78 is 25.8. The molecule has 2 aromatic rings. The average Bonchev–Trinajstić information content (AvgIpc) is 2.43. The van der Waals surface area contributed by atoms with Crippen LogP contribution in [-0.4, -0.2) is 5.78 Å². The van der Waals surface area contributed by atoms with Gasteiger partial charge in [0.15, 0.2) is 5.78 Å². The Bertz CT molecular complexity index is 648. The van der Waals surface area contributed by atoms with E-state index in [-0.39, 0.29) is 17.4 Å². The number of nitrogens with one attached hydrogen (secondary N) is 1. The first kappa shape index (κ1) is 13.9. The molecular formula is C16H13F2NO. The maximum atomic E-state index is 13.1. The summed E-state index contributed by atoms with van der Waals surface area (Å²) in [5, 5.41) is 2.88. The zero-order valence-electron chi connectivity index (χ0n) is 10.9. The third-order valence-corrected chi connectivity index (χ3v) is 2.77. The van der Waals surface area contributed by atoms with Crippen molar-refractivity contribution in [2.75, 3.05) is 5.32 Å². The number of ketones is 1. The van der Waals surface area contributed by atoms with E-state index in [1.165, 1.54) is 42.6 Å². The van der Waals surface area contributed by atoms with Gasteiger partial charge in [0, 0.05) is 23.5 Å². The van der Waals surface area contributed by atoms with E-state index >= 15 is 0 Å². The van der Waals surface area contributed by atoms with Crippen LogP contribution in [0.25, 0.3) is 0 Å². The van der Waals surface area contributed by atoms with E-state index in [0.29, 0.717) is 16.8 Å². The normalized spacial score (nSPS) is 10.8. The Balaban J connectivity index is 2.00. The molecule has 2 aromatic carbocycles. The van der Waals surface area contributed by atoms with Gasteiger partial charge in [-0.25, -0.2) is 8.78 Å². The van der Waals surface area contributed by atoms with Crippen molar-refractivity contribution in [3.8, 4) is 0 Å². The van der Waals surface area contributed by atoms with Crippen molar-refractivity contribution in [1.82, 2.24) is 0 Å². The van der Waals surface area contributed by atoms with Gasteiger partial charge in [0.25, 0.3) is 0 Å². The number of halogens is 2. The summed E-state index contributed by atoms with van der Waals surface area (Å²) in [7, 11) is 0. The topological polar surface area (TPSA) is 29.1 Å². The molecule has 0 aliphatic heterocycles. The van der Waals surface area contributed by atoms with E-state index in [2.05, 4.69) is 5.32 Å². The van der Waals surface area contributed by atoms with Crippen molar-refractivity contribution in [1.29, 1.82) is 0 Å². The van der Waals surface area contributed by atoms with Gasteiger partial charge in [-0.3, -0.25) is 4.79 Å². The Kier molecular flexibility index (Phi) is 4.25. The van der Waals surface area contributed by atoms with E-state index in [0.717, 1.165) is 0 Å². The predicted molar refractivity (Wildman–Crippen MR) is 74.6 cm³/mol. The van der Waals surface area contributed by atoms with Crippen LogP contribution in [-0.2, 0) is 0 Å². The van der Waals surface area contributed by atoms with Crippen molar-refractivity contribution in [2.45, 2.75) is 6.92 Å². The summed E-state index contributed by atoms with van der Waals surface area (Å²) in [5.41, 5.74) is 1.61. The number of aryl methyl sites for hydroxylation is 1. The number of benzene rings is 2. The molecule has 0 saturated heterocycles. The molecule has 2 rings (SSSR count). The van der Waals surface area contributed by atoms with Gasteiger partial charge in [-0.2, -0.15) is 0 Å². The van der Waals surface area contributed by atoms with Crippen molar-refractivity contribution in [2.24, 2.45) is 0 Å². The Morgan fingerprint density at radius 3 is 2.45 bits per heavy atom. The van der Waals surface area contributed by atoms with Crippen molar-refractivity contribution >= 4 is 11.5 Å². The minimum absolute atomic E-state index is 0.240. The zero-order valence-corrected chi connectivity index (χ0v) is 10.9.